The summed E-state index contributed by atoms with van der Waals surface area (Å²) in [5, 5.41) is 5.88. The molecule has 0 saturated heterocycles. The largest absolute Gasteiger partial charge is 0.452 e. The predicted octanol–water partition coefficient (Wildman–Crippen LogP) is 3.03. The Hall–Kier alpha value is -2.86. The molecule has 1 fully saturated rings. The molecule has 2 aromatic rings. The molecule has 0 aliphatic heterocycles. The SMILES string of the molecule is O=C(COC(=O)c1cccc(Cl)c1)Nc1ccccc1C(=O)NC1CC1. The molecule has 1 aliphatic carbocycles. The second kappa shape index (κ2) is 8.01. The Morgan fingerprint density at radius 2 is 1.85 bits per heavy atom. The summed E-state index contributed by atoms with van der Waals surface area (Å²) in [7, 11) is 0. The van der Waals surface area contributed by atoms with Crippen LogP contribution in [0.15, 0.2) is 48.5 Å². The summed E-state index contributed by atoms with van der Waals surface area (Å²) in [4.78, 5) is 36.2. The molecular weight excluding hydrogens is 356 g/mol. The molecule has 7 heteroatoms. The van der Waals surface area contributed by atoms with Crippen molar-refractivity contribution in [1.82, 2.24) is 5.32 Å². The third kappa shape index (κ3) is 4.83. The van der Waals surface area contributed by atoms with Crippen molar-refractivity contribution in [2.75, 3.05) is 11.9 Å². The zero-order chi connectivity index (χ0) is 18.5. The molecule has 2 aromatic carbocycles. The third-order valence-electron chi connectivity index (χ3n) is 3.75. The van der Waals surface area contributed by atoms with Gasteiger partial charge in [0.25, 0.3) is 11.8 Å². The van der Waals surface area contributed by atoms with Crippen LogP contribution in [0, 0.1) is 0 Å². The maximum Gasteiger partial charge on any atom is 0.338 e. The lowest BCUT2D eigenvalue weighted by molar-refractivity contribution is -0.119. The van der Waals surface area contributed by atoms with Gasteiger partial charge < -0.3 is 15.4 Å². The highest BCUT2D eigenvalue weighted by atomic mass is 35.5. The topological polar surface area (TPSA) is 84.5 Å². The number of nitrogens with one attached hydrogen (secondary N) is 2. The zero-order valence-corrected chi connectivity index (χ0v) is 14.6. The van der Waals surface area contributed by atoms with E-state index in [1.54, 1.807) is 42.5 Å². The van der Waals surface area contributed by atoms with Crippen molar-refractivity contribution in [2.45, 2.75) is 18.9 Å². The Morgan fingerprint density at radius 1 is 1.08 bits per heavy atom. The number of carbonyl (C=O) groups excluding carboxylic acids is 3. The molecule has 2 amide bonds. The molecule has 0 bridgehead atoms. The van der Waals surface area contributed by atoms with Crippen LogP contribution in [-0.2, 0) is 9.53 Å². The van der Waals surface area contributed by atoms with E-state index < -0.39 is 18.5 Å². The van der Waals surface area contributed by atoms with Crippen molar-refractivity contribution in [3.63, 3.8) is 0 Å². The molecule has 26 heavy (non-hydrogen) atoms. The molecule has 1 saturated carbocycles. The standard InChI is InChI=1S/C19H17ClN2O4/c20-13-5-3-4-12(10-13)19(25)26-11-17(23)22-16-7-2-1-6-15(16)18(24)21-14-8-9-14/h1-7,10,14H,8-9,11H2,(H,21,24)(H,22,23). The van der Waals surface area contributed by atoms with E-state index in [1.165, 1.54) is 6.07 Å². The summed E-state index contributed by atoms with van der Waals surface area (Å²) in [5.74, 6) is -1.42. The minimum Gasteiger partial charge on any atom is -0.452 e. The van der Waals surface area contributed by atoms with E-state index in [0.717, 1.165) is 12.8 Å². The zero-order valence-electron chi connectivity index (χ0n) is 13.8. The fourth-order valence-electron chi connectivity index (χ4n) is 2.30. The Kier molecular flexibility index (Phi) is 5.53. The second-order valence-corrected chi connectivity index (χ2v) is 6.36. The van der Waals surface area contributed by atoms with Gasteiger partial charge in [-0.3, -0.25) is 9.59 Å². The number of para-hydroxylation sites is 1. The lowest BCUT2D eigenvalue weighted by Crippen LogP contribution is -2.28. The molecule has 0 atom stereocenters. The number of hydrogen-bond donors (Lipinski definition) is 2. The van der Waals surface area contributed by atoms with Gasteiger partial charge in [0.1, 0.15) is 0 Å². The van der Waals surface area contributed by atoms with Gasteiger partial charge in [0, 0.05) is 11.1 Å². The quantitative estimate of drug-likeness (QED) is 0.763. The maximum atomic E-state index is 12.2. The van der Waals surface area contributed by atoms with Crippen molar-refractivity contribution < 1.29 is 19.1 Å². The number of carbonyl (C=O) groups is 3. The first-order chi connectivity index (χ1) is 12.5. The summed E-state index contributed by atoms with van der Waals surface area (Å²) in [6, 6.07) is 13.2. The van der Waals surface area contributed by atoms with Gasteiger partial charge in [-0.15, -0.1) is 0 Å². The van der Waals surface area contributed by atoms with Crippen LogP contribution in [0.4, 0.5) is 5.69 Å². The fraction of sp³-hybridized carbons (Fsp3) is 0.211. The second-order valence-electron chi connectivity index (χ2n) is 5.93. The van der Waals surface area contributed by atoms with Crippen LogP contribution in [0.25, 0.3) is 0 Å². The van der Waals surface area contributed by atoms with Crippen molar-refractivity contribution >= 4 is 35.1 Å². The maximum absolute atomic E-state index is 12.2. The monoisotopic (exact) mass is 372 g/mol. The summed E-state index contributed by atoms with van der Waals surface area (Å²) in [6.07, 6.45) is 1.94. The number of hydrogen-bond acceptors (Lipinski definition) is 4. The first-order valence-electron chi connectivity index (χ1n) is 8.15. The normalized spacial score (nSPS) is 13.0. The minimum absolute atomic E-state index is 0.213. The van der Waals surface area contributed by atoms with Crippen LogP contribution in [0.1, 0.15) is 33.6 Å². The van der Waals surface area contributed by atoms with Gasteiger partial charge in [0.2, 0.25) is 0 Å². The van der Waals surface area contributed by atoms with E-state index >= 15 is 0 Å². The van der Waals surface area contributed by atoms with Gasteiger partial charge >= 0.3 is 5.97 Å². The van der Waals surface area contributed by atoms with Crippen LogP contribution < -0.4 is 10.6 Å². The molecule has 3 rings (SSSR count). The van der Waals surface area contributed by atoms with Crippen LogP contribution >= 0.6 is 11.6 Å². The Morgan fingerprint density at radius 3 is 2.58 bits per heavy atom. The van der Waals surface area contributed by atoms with Gasteiger partial charge in [-0.25, -0.2) is 4.79 Å². The number of ether oxygens (including phenoxy) is 1. The van der Waals surface area contributed by atoms with Crippen LogP contribution in [0.2, 0.25) is 5.02 Å². The molecule has 0 aromatic heterocycles. The highest BCUT2D eigenvalue weighted by molar-refractivity contribution is 6.30. The molecule has 1 aliphatic rings. The third-order valence-corrected chi connectivity index (χ3v) is 3.99. The van der Waals surface area contributed by atoms with Crippen molar-refractivity contribution in [1.29, 1.82) is 0 Å². The fourth-order valence-corrected chi connectivity index (χ4v) is 2.49. The Labute approximate surface area is 155 Å². The molecular formula is C19H17ClN2O4. The lowest BCUT2D eigenvalue weighted by atomic mass is 10.1. The summed E-state index contributed by atoms with van der Waals surface area (Å²) >= 11 is 5.82. The van der Waals surface area contributed by atoms with Crippen molar-refractivity contribution in [2.24, 2.45) is 0 Å². The van der Waals surface area contributed by atoms with Gasteiger partial charge in [-0.2, -0.15) is 0 Å². The number of rotatable bonds is 6. The van der Waals surface area contributed by atoms with E-state index in [-0.39, 0.29) is 17.5 Å². The molecule has 0 heterocycles. The van der Waals surface area contributed by atoms with E-state index in [9.17, 15) is 14.4 Å². The number of esters is 1. The minimum atomic E-state index is -0.651. The van der Waals surface area contributed by atoms with Crippen molar-refractivity contribution in [3.8, 4) is 0 Å². The lowest BCUT2D eigenvalue weighted by Gasteiger charge is -2.11. The average Bonchev–Trinajstić information content (AvgIpc) is 3.44. The van der Waals surface area contributed by atoms with Crippen LogP contribution in [-0.4, -0.2) is 30.4 Å². The molecule has 0 unspecified atom stereocenters. The van der Waals surface area contributed by atoms with E-state index in [1.807, 2.05) is 0 Å². The highest BCUT2D eigenvalue weighted by Crippen LogP contribution is 2.21. The summed E-state index contributed by atoms with van der Waals surface area (Å²) in [6.45, 7) is -0.468. The molecule has 2 N–H and O–H groups in total. The van der Waals surface area contributed by atoms with Crippen molar-refractivity contribution in [3.05, 3.63) is 64.7 Å². The molecule has 0 radical (unpaired) electrons. The Balaban J connectivity index is 1.58. The summed E-state index contributed by atoms with van der Waals surface area (Å²) < 4.78 is 4.98. The molecule has 0 spiro atoms. The molecule has 134 valence electrons. The number of halogens is 1. The van der Waals surface area contributed by atoms with Gasteiger partial charge in [-0.05, 0) is 43.2 Å². The Bertz CT molecular complexity index is 849. The van der Waals surface area contributed by atoms with Gasteiger partial charge in [-0.1, -0.05) is 29.8 Å². The van der Waals surface area contributed by atoms with Gasteiger partial charge in [0.05, 0.1) is 16.8 Å². The van der Waals surface area contributed by atoms with E-state index in [4.69, 9.17) is 16.3 Å². The average molecular weight is 373 g/mol. The smallest absolute Gasteiger partial charge is 0.338 e. The van der Waals surface area contributed by atoms with Gasteiger partial charge in [0.15, 0.2) is 6.61 Å². The van der Waals surface area contributed by atoms with E-state index in [0.29, 0.717) is 16.3 Å². The first kappa shape index (κ1) is 17.9. The number of benzene rings is 2. The summed E-state index contributed by atoms with van der Waals surface area (Å²) in [5.41, 5.74) is 0.998. The highest BCUT2D eigenvalue weighted by Gasteiger charge is 2.25. The van der Waals surface area contributed by atoms with Crippen LogP contribution in [0.3, 0.4) is 0 Å². The number of amides is 2. The first-order valence-corrected chi connectivity index (χ1v) is 8.53. The van der Waals surface area contributed by atoms with E-state index in [2.05, 4.69) is 10.6 Å². The molecule has 6 nitrogen and oxygen atoms in total. The van der Waals surface area contributed by atoms with Crippen LogP contribution in [0.5, 0.6) is 0 Å². The number of anilines is 1. The predicted molar refractivity (Wildman–Crippen MR) is 97.3 cm³/mol.